The van der Waals surface area contributed by atoms with Gasteiger partial charge in [-0.2, -0.15) is 4.98 Å². The second-order valence-corrected chi connectivity index (χ2v) is 8.91. The Morgan fingerprint density at radius 2 is 1.88 bits per heavy atom. The first-order chi connectivity index (χ1) is 16.6. The number of piperidine rings is 1. The lowest BCUT2D eigenvalue weighted by atomic mass is 10.1. The first-order valence-electron chi connectivity index (χ1n) is 12.3. The summed E-state index contributed by atoms with van der Waals surface area (Å²) >= 11 is 0. The van der Waals surface area contributed by atoms with Crippen LogP contribution in [-0.4, -0.2) is 51.8 Å². The molecule has 0 saturated carbocycles. The lowest BCUT2D eigenvalue weighted by molar-refractivity contribution is 0.0524. The molecule has 0 N–H and O–H groups in total. The Kier molecular flexibility index (Phi) is 6.32. The second-order valence-electron chi connectivity index (χ2n) is 8.91. The van der Waals surface area contributed by atoms with Crippen LogP contribution in [-0.2, 0) is 17.6 Å². The van der Waals surface area contributed by atoms with Crippen LogP contribution in [0.3, 0.4) is 0 Å². The predicted octanol–water partition coefficient (Wildman–Crippen LogP) is 3.67. The molecule has 2 aromatic heterocycles. The van der Waals surface area contributed by atoms with Crippen LogP contribution in [0, 0.1) is 0 Å². The van der Waals surface area contributed by atoms with Gasteiger partial charge in [0.15, 0.2) is 5.65 Å². The van der Waals surface area contributed by atoms with Crippen LogP contribution < -0.4 is 10.4 Å². The third-order valence-electron chi connectivity index (χ3n) is 6.79. The van der Waals surface area contributed by atoms with Crippen LogP contribution in [0.5, 0.6) is 0 Å². The van der Waals surface area contributed by atoms with Crippen LogP contribution in [0.4, 0.5) is 5.95 Å². The topological polar surface area (TPSA) is 80.6 Å². The summed E-state index contributed by atoms with van der Waals surface area (Å²) in [4.78, 5) is 35.3. The van der Waals surface area contributed by atoms with E-state index in [0.29, 0.717) is 17.0 Å². The molecule has 8 heteroatoms. The maximum atomic E-state index is 13.2. The zero-order valence-corrected chi connectivity index (χ0v) is 19.9. The third kappa shape index (κ3) is 4.07. The highest BCUT2D eigenvalue weighted by molar-refractivity contribution is 5.93. The number of aryl methyl sites for hydroxylation is 2. The fourth-order valence-electron chi connectivity index (χ4n) is 5.07. The molecule has 1 aromatic carbocycles. The minimum atomic E-state index is -0.628. The van der Waals surface area contributed by atoms with Gasteiger partial charge in [0, 0.05) is 37.7 Å². The molecule has 0 spiro atoms. The molecule has 34 heavy (non-hydrogen) atoms. The first-order valence-corrected chi connectivity index (χ1v) is 12.3. The fourth-order valence-corrected chi connectivity index (χ4v) is 5.07. The van der Waals surface area contributed by atoms with Crippen LogP contribution in [0.15, 0.2) is 35.4 Å². The summed E-state index contributed by atoms with van der Waals surface area (Å²) in [5, 5.41) is 4.69. The van der Waals surface area contributed by atoms with Crippen LogP contribution in [0.2, 0.25) is 0 Å². The molecule has 5 rings (SSSR count). The Hall–Kier alpha value is -3.26. The van der Waals surface area contributed by atoms with Crippen molar-refractivity contribution in [3.05, 3.63) is 57.5 Å². The first kappa shape index (κ1) is 22.5. The maximum Gasteiger partial charge on any atom is 0.343 e. The Bertz CT molecular complexity index is 1280. The summed E-state index contributed by atoms with van der Waals surface area (Å²) in [6, 6.07) is 6.32. The van der Waals surface area contributed by atoms with Gasteiger partial charge in [0.25, 0.3) is 0 Å². The van der Waals surface area contributed by atoms with Crippen molar-refractivity contribution in [2.24, 2.45) is 0 Å². The Morgan fingerprint density at radius 3 is 2.65 bits per heavy atom. The van der Waals surface area contributed by atoms with E-state index >= 15 is 0 Å². The van der Waals surface area contributed by atoms with Gasteiger partial charge in [0.2, 0.25) is 11.4 Å². The molecule has 1 aliphatic heterocycles. The zero-order valence-electron chi connectivity index (χ0n) is 19.9. The predicted molar refractivity (Wildman–Crippen MR) is 132 cm³/mol. The third-order valence-corrected chi connectivity index (χ3v) is 6.79. The number of hydrogen-bond acceptors (Lipinski definition) is 7. The highest BCUT2D eigenvalue weighted by Gasteiger charge is 2.23. The Morgan fingerprint density at radius 1 is 1.09 bits per heavy atom. The molecular formula is C26H31N5O3. The number of aromatic nitrogens is 3. The van der Waals surface area contributed by atoms with Crippen LogP contribution in [0.25, 0.3) is 16.7 Å². The molecule has 1 aliphatic carbocycles. The average molecular weight is 462 g/mol. The number of fused-ring (bicyclic) bond motifs is 2. The SMILES string of the molecule is CCOC(=O)c1cn(-c2ccc3c(c2)CCC3)c2nc(N(CC)N3CCCCC3)ncc2c1=O. The highest BCUT2D eigenvalue weighted by Crippen LogP contribution is 2.27. The average Bonchev–Trinajstić information content (AvgIpc) is 3.33. The van der Waals surface area contributed by atoms with Crippen molar-refractivity contribution in [2.45, 2.75) is 52.4 Å². The molecule has 1 saturated heterocycles. The number of benzene rings is 1. The van der Waals surface area contributed by atoms with E-state index in [2.05, 4.69) is 34.1 Å². The minimum absolute atomic E-state index is 0.00502. The molecular weight excluding hydrogens is 430 g/mol. The second kappa shape index (κ2) is 9.54. The van der Waals surface area contributed by atoms with E-state index in [4.69, 9.17) is 9.72 Å². The normalized spacial score (nSPS) is 15.9. The Balaban J connectivity index is 1.69. The fraction of sp³-hybridized carbons (Fsp3) is 0.462. The monoisotopic (exact) mass is 461 g/mol. The van der Waals surface area contributed by atoms with Crippen molar-refractivity contribution in [2.75, 3.05) is 31.3 Å². The number of pyridine rings is 1. The number of nitrogens with zero attached hydrogens (tertiary/aromatic N) is 5. The van der Waals surface area contributed by atoms with Crippen LogP contribution in [0.1, 0.15) is 61.0 Å². The van der Waals surface area contributed by atoms with Gasteiger partial charge in [-0.1, -0.05) is 12.5 Å². The van der Waals surface area contributed by atoms with Gasteiger partial charge >= 0.3 is 5.97 Å². The van der Waals surface area contributed by atoms with Crippen molar-refractivity contribution in [3.63, 3.8) is 0 Å². The zero-order chi connectivity index (χ0) is 23.7. The van der Waals surface area contributed by atoms with E-state index in [9.17, 15) is 9.59 Å². The molecule has 3 aromatic rings. The largest absolute Gasteiger partial charge is 0.462 e. The molecule has 0 atom stereocenters. The number of carbonyl (C=O) groups excluding carboxylic acids is 1. The van der Waals surface area contributed by atoms with Crippen molar-refractivity contribution in [3.8, 4) is 5.69 Å². The highest BCUT2D eigenvalue weighted by atomic mass is 16.5. The van der Waals surface area contributed by atoms with Gasteiger partial charge in [0.1, 0.15) is 5.56 Å². The molecule has 178 valence electrons. The molecule has 2 aliphatic rings. The van der Waals surface area contributed by atoms with Gasteiger partial charge < -0.3 is 9.30 Å². The summed E-state index contributed by atoms with van der Waals surface area (Å²) in [6.07, 6.45) is 9.92. The van der Waals surface area contributed by atoms with E-state index in [1.807, 2.05) is 10.6 Å². The number of rotatable bonds is 6. The standard InChI is InChI=1S/C26H31N5O3/c1-3-31(29-13-6-5-7-14-29)26-27-16-21-23(32)22(25(33)34-4-2)17-30(24(21)28-26)20-12-11-18-9-8-10-19(18)15-20/h11-12,15-17H,3-10,13-14H2,1-2H3. The summed E-state index contributed by atoms with van der Waals surface area (Å²) in [7, 11) is 0. The Labute approximate surface area is 199 Å². The summed E-state index contributed by atoms with van der Waals surface area (Å²) in [6.45, 7) is 6.68. The van der Waals surface area contributed by atoms with E-state index in [1.54, 1.807) is 19.3 Å². The van der Waals surface area contributed by atoms with Crippen molar-refractivity contribution >= 4 is 23.0 Å². The molecule has 1 fully saturated rings. The number of hydrazine groups is 1. The molecule has 0 unspecified atom stereocenters. The van der Waals surface area contributed by atoms with E-state index in [1.165, 1.54) is 17.5 Å². The van der Waals surface area contributed by atoms with Crippen molar-refractivity contribution < 1.29 is 9.53 Å². The minimum Gasteiger partial charge on any atom is -0.462 e. The lowest BCUT2D eigenvalue weighted by Gasteiger charge is -2.36. The summed E-state index contributed by atoms with van der Waals surface area (Å²) in [5.74, 6) is -0.0630. The number of anilines is 1. The van der Waals surface area contributed by atoms with Gasteiger partial charge in [-0.15, -0.1) is 0 Å². The van der Waals surface area contributed by atoms with Crippen molar-refractivity contribution in [1.82, 2.24) is 19.5 Å². The van der Waals surface area contributed by atoms with E-state index < -0.39 is 11.4 Å². The summed E-state index contributed by atoms with van der Waals surface area (Å²) < 4.78 is 7.02. The van der Waals surface area contributed by atoms with E-state index in [0.717, 1.165) is 57.4 Å². The maximum absolute atomic E-state index is 13.2. The molecule has 3 heterocycles. The number of esters is 1. The molecule has 0 radical (unpaired) electrons. The molecule has 0 bridgehead atoms. The van der Waals surface area contributed by atoms with Crippen LogP contribution >= 0.6 is 0 Å². The summed E-state index contributed by atoms with van der Waals surface area (Å²) in [5.41, 5.74) is 3.63. The van der Waals surface area contributed by atoms with E-state index in [-0.39, 0.29) is 12.2 Å². The number of hydrogen-bond donors (Lipinski definition) is 0. The number of carbonyl (C=O) groups is 1. The smallest absolute Gasteiger partial charge is 0.343 e. The lowest BCUT2D eigenvalue weighted by Crippen LogP contribution is -2.46. The van der Waals surface area contributed by atoms with Gasteiger partial charge in [0.05, 0.1) is 12.0 Å². The van der Waals surface area contributed by atoms with Gasteiger partial charge in [-0.05, 0) is 69.2 Å². The van der Waals surface area contributed by atoms with Gasteiger partial charge in [-0.3, -0.25) is 9.80 Å². The quantitative estimate of drug-likeness (QED) is 0.518. The molecule has 0 amide bonds. The van der Waals surface area contributed by atoms with Gasteiger partial charge in [-0.25, -0.2) is 14.8 Å². The number of ether oxygens (including phenoxy) is 1. The van der Waals surface area contributed by atoms with Crippen molar-refractivity contribution in [1.29, 1.82) is 0 Å². The molecule has 8 nitrogen and oxygen atoms in total.